The fraction of sp³-hybridized carbons (Fsp3) is 0.800. The molecule has 1 heterocycles. The second kappa shape index (κ2) is 6.44. The Labute approximate surface area is 95.5 Å². The molecule has 1 aliphatic rings. The first-order valence-electron chi connectivity index (χ1n) is 5.67. The van der Waals surface area contributed by atoms with E-state index in [9.17, 15) is 9.59 Å². The monoisotopic (exact) mass is 228 g/mol. The number of piperidine rings is 1. The highest BCUT2D eigenvalue weighted by atomic mass is 16.2. The van der Waals surface area contributed by atoms with Gasteiger partial charge in [-0.25, -0.2) is 4.79 Å². The van der Waals surface area contributed by atoms with Gasteiger partial charge in [0.15, 0.2) is 0 Å². The minimum absolute atomic E-state index is 0.144. The van der Waals surface area contributed by atoms with Gasteiger partial charge in [0.05, 0.1) is 6.54 Å². The molecule has 1 saturated heterocycles. The van der Waals surface area contributed by atoms with Crippen molar-refractivity contribution in [3.63, 3.8) is 0 Å². The minimum Gasteiger partial charge on any atom is -0.338 e. The highest BCUT2D eigenvalue weighted by Gasteiger charge is 2.19. The average molecular weight is 228 g/mol. The second-order valence-corrected chi connectivity index (χ2v) is 4.05. The van der Waals surface area contributed by atoms with E-state index in [1.165, 1.54) is 0 Å². The van der Waals surface area contributed by atoms with Crippen molar-refractivity contribution in [2.24, 2.45) is 5.73 Å². The number of imide groups is 1. The fourth-order valence-electron chi connectivity index (χ4n) is 1.81. The van der Waals surface area contributed by atoms with Crippen molar-refractivity contribution in [3.8, 4) is 0 Å². The molecule has 0 saturated carbocycles. The maximum Gasteiger partial charge on any atom is 0.321 e. The molecule has 0 aliphatic carbocycles. The van der Waals surface area contributed by atoms with E-state index in [0.717, 1.165) is 25.9 Å². The predicted molar refractivity (Wildman–Crippen MR) is 60.9 cm³/mol. The van der Waals surface area contributed by atoms with E-state index in [2.05, 4.69) is 10.6 Å². The van der Waals surface area contributed by atoms with Crippen LogP contribution in [0, 0.1) is 0 Å². The van der Waals surface area contributed by atoms with Crippen LogP contribution in [0.2, 0.25) is 0 Å². The van der Waals surface area contributed by atoms with Crippen molar-refractivity contribution in [2.45, 2.75) is 25.8 Å². The smallest absolute Gasteiger partial charge is 0.321 e. The van der Waals surface area contributed by atoms with Gasteiger partial charge in [0, 0.05) is 19.1 Å². The molecule has 1 atom stereocenters. The maximum absolute atomic E-state index is 11.4. The Morgan fingerprint density at radius 1 is 1.50 bits per heavy atom. The number of nitrogens with two attached hydrogens (primary N) is 1. The van der Waals surface area contributed by atoms with Crippen molar-refractivity contribution >= 4 is 11.9 Å². The molecule has 16 heavy (non-hydrogen) atoms. The number of hydrogen-bond donors (Lipinski definition) is 3. The summed E-state index contributed by atoms with van der Waals surface area (Å²) in [4.78, 5) is 24.5. The van der Waals surface area contributed by atoms with Gasteiger partial charge in [-0.2, -0.15) is 0 Å². The first-order chi connectivity index (χ1) is 7.61. The number of carbonyl (C=O) groups excluding carboxylic acids is 2. The molecule has 4 N–H and O–H groups in total. The van der Waals surface area contributed by atoms with E-state index in [4.69, 9.17) is 5.73 Å². The molecule has 0 aromatic heterocycles. The molecular weight excluding hydrogens is 208 g/mol. The summed E-state index contributed by atoms with van der Waals surface area (Å²) >= 11 is 0. The Morgan fingerprint density at radius 2 is 2.25 bits per heavy atom. The van der Waals surface area contributed by atoms with Gasteiger partial charge in [-0.1, -0.05) is 0 Å². The second-order valence-electron chi connectivity index (χ2n) is 4.05. The van der Waals surface area contributed by atoms with Crippen molar-refractivity contribution in [1.82, 2.24) is 15.5 Å². The number of urea groups is 1. The zero-order chi connectivity index (χ0) is 12.0. The Balaban J connectivity index is 2.25. The molecule has 0 unspecified atom stereocenters. The molecule has 3 amide bonds. The van der Waals surface area contributed by atoms with Crippen molar-refractivity contribution in [2.75, 3.05) is 26.2 Å². The first-order valence-corrected chi connectivity index (χ1v) is 5.67. The number of nitrogens with zero attached hydrogens (tertiary/aromatic N) is 1. The lowest BCUT2D eigenvalue weighted by Gasteiger charge is -2.29. The number of hydrogen-bond acceptors (Lipinski definition) is 4. The van der Waals surface area contributed by atoms with Gasteiger partial charge >= 0.3 is 6.03 Å². The highest BCUT2D eigenvalue weighted by molar-refractivity contribution is 5.95. The Morgan fingerprint density at radius 3 is 2.88 bits per heavy atom. The van der Waals surface area contributed by atoms with Crippen LogP contribution in [0.1, 0.15) is 19.8 Å². The zero-order valence-electron chi connectivity index (χ0n) is 9.66. The summed E-state index contributed by atoms with van der Waals surface area (Å²) in [7, 11) is 0. The van der Waals surface area contributed by atoms with E-state index in [1.807, 2.05) is 4.90 Å². The molecule has 6 heteroatoms. The van der Waals surface area contributed by atoms with Crippen LogP contribution in [0.3, 0.4) is 0 Å². The standard InChI is InChI=1S/C10H20N4O2/c1-2-12-10(16)13-9(15)7-14-5-3-4-8(11)6-14/h8H,2-7,11H2,1H3,(H2,12,13,15,16)/t8-/m1/s1. The maximum atomic E-state index is 11.4. The minimum atomic E-state index is -0.436. The van der Waals surface area contributed by atoms with Crippen molar-refractivity contribution < 1.29 is 9.59 Å². The van der Waals surface area contributed by atoms with Crippen LogP contribution in [0.25, 0.3) is 0 Å². The largest absolute Gasteiger partial charge is 0.338 e. The summed E-state index contributed by atoms with van der Waals surface area (Å²) in [6.45, 7) is 4.14. The molecule has 6 nitrogen and oxygen atoms in total. The van der Waals surface area contributed by atoms with Crippen LogP contribution < -0.4 is 16.4 Å². The predicted octanol–water partition coefficient (Wildman–Crippen LogP) is -0.745. The lowest BCUT2D eigenvalue weighted by atomic mass is 10.1. The number of carbonyl (C=O) groups is 2. The van der Waals surface area contributed by atoms with E-state index < -0.39 is 6.03 Å². The van der Waals surface area contributed by atoms with Gasteiger partial charge in [0.2, 0.25) is 5.91 Å². The third-order valence-electron chi connectivity index (χ3n) is 2.50. The summed E-state index contributed by atoms with van der Waals surface area (Å²) in [5.41, 5.74) is 5.80. The van der Waals surface area contributed by atoms with Crippen LogP contribution in [-0.4, -0.2) is 49.1 Å². The summed E-state index contributed by atoms with van der Waals surface area (Å²) in [6, 6.07) is -0.292. The molecule has 0 spiro atoms. The van der Waals surface area contributed by atoms with Crippen molar-refractivity contribution in [3.05, 3.63) is 0 Å². The zero-order valence-corrected chi connectivity index (χ0v) is 9.66. The van der Waals surface area contributed by atoms with E-state index in [-0.39, 0.29) is 18.5 Å². The van der Waals surface area contributed by atoms with E-state index in [1.54, 1.807) is 6.92 Å². The fourth-order valence-corrected chi connectivity index (χ4v) is 1.81. The molecule has 1 rings (SSSR count). The van der Waals surface area contributed by atoms with Crippen LogP contribution in [0.5, 0.6) is 0 Å². The summed E-state index contributed by atoms with van der Waals surface area (Å²) < 4.78 is 0. The number of amides is 3. The molecule has 1 aliphatic heterocycles. The topological polar surface area (TPSA) is 87.5 Å². The third kappa shape index (κ3) is 4.59. The number of rotatable bonds is 3. The molecule has 0 aromatic carbocycles. The first kappa shape index (κ1) is 12.9. The van der Waals surface area contributed by atoms with Crippen LogP contribution in [0.15, 0.2) is 0 Å². The van der Waals surface area contributed by atoms with Crippen LogP contribution in [-0.2, 0) is 4.79 Å². The number of likely N-dealkylation sites (tertiary alicyclic amines) is 1. The summed E-state index contributed by atoms with van der Waals surface area (Å²) in [5.74, 6) is -0.278. The van der Waals surface area contributed by atoms with Crippen LogP contribution >= 0.6 is 0 Å². The normalized spacial score (nSPS) is 21.5. The molecule has 1 fully saturated rings. The van der Waals surface area contributed by atoms with Gasteiger partial charge < -0.3 is 11.1 Å². The van der Waals surface area contributed by atoms with E-state index >= 15 is 0 Å². The van der Waals surface area contributed by atoms with Crippen LogP contribution in [0.4, 0.5) is 4.79 Å². The highest BCUT2D eigenvalue weighted by Crippen LogP contribution is 2.06. The molecular formula is C10H20N4O2. The number of nitrogens with one attached hydrogen (secondary N) is 2. The molecule has 0 radical (unpaired) electrons. The quantitative estimate of drug-likeness (QED) is 0.593. The van der Waals surface area contributed by atoms with Gasteiger partial charge in [-0.05, 0) is 26.3 Å². The lowest BCUT2D eigenvalue weighted by Crippen LogP contribution is -2.49. The molecule has 92 valence electrons. The lowest BCUT2D eigenvalue weighted by molar-refractivity contribution is -0.121. The third-order valence-corrected chi connectivity index (χ3v) is 2.50. The SMILES string of the molecule is CCNC(=O)NC(=O)CN1CCC[C@@H](N)C1. The average Bonchev–Trinajstić information content (AvgIpc) is 2.17. The van der Waals surface area contributed by atoms with Gasteiger partial charge in [0.25, 0.3) is 0 Å². The Kier molecular flexibility index (Phi) is 5.21. The van der Waals surface area contributed by atoms with Crippen molar-refractivity contribution in [1.29, 1.82) is 0 Å². The molecule has 0 aromatic rings. The summed E-state index contributed by atoms with van der Waals surface area (Å²) in [6.07, 6.45) is 2.02. The van der Waals surface area contributed by atoms with E-state index in [0.29, 0.717) is 6.54 Å². The summed E-state index contributed by atoms with van der Waals surface area (Å²) in [5, 5.41) is 4.78. The van der Waals surface area contributed by atoms with Gasteiger partial charge in [-0.3, -0.25) is 15.0 Å². The van der Waals surface area contributed by atoms with Gasteiger partial charge in [-0.15, -0.1) is 0 Å². The van der Waals surface area contributed by atoms with Gasteiger partial charge in [0.1, 0.15) is 0 Å². The Hall–Kier alpha value is -1.14. The Bertz CT molecular complexity index is 257. The molecule has 0 bridgehead atoms.